The second-order valence-electron chi connectivity index (χ2n) is 7.33. The van der Waals surface area contributed by atoms with Crippen molar-refractivity contribution in [3.8, 4) is 0 Å². The maximum absolute atomic E-state index is 12.1. The molecule has 1 aliphatic carbocycles. The van der Waals surface area contributed by atoms with Gasteiger partial charge in [-0.05, 0) is 51.4 Å². The average Bonchev–Trinajstić information content (AvgIpc) is 2.49. The van der Waals surface area contributed by atoms with E-state index in [4.69, 9.17) is 4.74 Å². The number of hydrogen-bond acceptors (Lipinski definition) is 3. The lowest BCUT2D eigenvalue weighted by molar-refractivity contribution is -0.127. The molecule has 0 aromatic heterocycles. The zero-order chi connectivity index (χ0) is 17.2. The van der Waals surface area contributed by atoms with Gasteiger partial charge in [-0.15, -0.1) is 0 Å². The smallest absolute Gasteiger partial charge is 0.223 e. The predicted molar refractivity (Wildman–Crippen MR) is 92.0 cm³/mol. The Bertz CT molecular complexity index is 361. The Morgan fingerprint density at radius 2 is 1.70 bits per heavy atom. The minimum atomic E-state index is 0.122. The SMILES string of the molecule is CC(C)CC(=O)NCC1CCC(C(=O)NCCOC(C)C)CC1. The van der Waals surface area contributed by atoms with Crippen molar-refractivity contribution in [1.82, 2.24) is 10.6 Å². The fraction of sp³-hybridized carbons (Fsp3) is 0.889. The highest BCUT2D eigenvalue weighted by atomic mass is 16.5. The molecule has 1 saturated carbocycles. The summed E-state index contributed by atoms with van der Waals surface area (Å²) in [5.74, 6) is 1.33. The molecule has 0 aliphatic heterocycles. The summed E-state index contributed by atoms with van der Waals surface area (Å²) >= 11 is 0. The van der Waals surface area contributed by atoms with E-state index in [-0.39, 0.29) is 23.8 Å². The number of rotatable bonds is 9. The molecule has 0 unspecified atom stereocenters. The van der Waals surface area contributed by atoms with Crippen molar-refractivity contribution in [3.05, 3.63) is 0 Å². The summed E-state index contributed by atoms with van der Waals surface area (Å²) in [5, 5.41) is 5.98. The van der Waals surface area contributed by atoms with Gasteiger partial charge in [-0.3, -0.25) is 9.59 Å². The summed E-state index contributed by atoms with van der Waals surface area (Å²) in [6.07, 6.45) is 4.66. The van der Waals surface area contributed by atoms with Crippen LogP contribution in [0.15, 0.2) is 0 Å². The van der Waals surface area contributed by atoms with Gasteiger partial charge < -0.3 is 15.4 Å². The van der Waals surface area contributed by atoms with Crippen LogP contribution < -0.4 is 10.6 Å². The fourth-order valence-electron chi connectivity index (χ4n) is 2.94. The molecule has 2 amide bonds. The van der Waals surface area contributed by atoms with E-state index in [1.807, 2.05) is 13.8 Å². The minimum absolute atomic E-state index is 0.122. The molecule has 1 rings (SSSR count). The summed E-state index contributed by atoms with van der Waals surface area (Å²) < 4.78 is 5.42. The first-order chi connectivity index (χ1) is 10.9. The molecule has 0 saturated heterocycles. The van der Waals surface area contributed by atoms with Crippen LogP contribution in [0.3, 0.4) is 0 Å². The van der Waals surface area contributed by atoms with Gasteiger partial charge in [0.15, 0.2) is 0 Å². The van der Waals surface area contributed by atoms with Crippen molar-refractivity contribution in [3.63, 3.8) is 0 Å². The third-order valence-corrected chi connectivity index (χ3v) is 4.25. The largest absolute Gasteiger partial charge is 0.377 e. The molecule has 1 aliphatic rings. The van der Waals surface area contributed by atoms with Crippen molar-refractivity contribution in [2.24, 2.45) is 17.8 Å². The van der Waals surface area contributed by atoms with Gasteiger partial charge in [-0.25, -0.2) is 0 Å². The maximum atomic E-state index is 12.1. The van der Waals surface area contributed by atoms with Crippen LogP contribution in [0, 0.1) is 17.8 Å². The zero-order valence-corrected chi connectivity index (χ0v) is 15.2. The molecule has 1 fully saturated rings. The summed E-state index contributed by atoms with van der Waals surface area (Å²) in [6.45, 7) is 9.99. The minimum Gasteiger partial charge on any atom is -0.377 e. The van der Waals surface area contributed by atoms with Gasteiger partial charge in [0, 0.05) is 25.4 Å². The number of hydrogen-bond donors (Lipinski definition) is 2. The van der Waals surface area contributed by atoms with Crippen LogP contribution in [0.4, 0.5) is 0 Å². The molecular weight excluding hydrogens is 292 g/mol. The van der Waals surface area contributed by atoms with E-state index in [2.05, 4.69) is 24.5 Å². The Hall–Kier alpha value is -1.10. The summed E-state index contributed by atoms with van der Waals surface area (Å²) in [5.41, 5.74) is 0. The van der Waals surface area contributed by atoms with Crippen LogP contribution in [0.1, 0.15) is 59.8 Å². The molecule has 2 N–H and O–H groups in total. The molecule has 0 bridgehead atoms. The van der Waals surface area contributed by atoms with E-state index >= 15 is 0 Å². The lowest BCUT2D eigenvalue weighted by atomic mass is 9.81. The number of amides is 2. The van der Waals surface area contributed by atoms with Crippen molar-refractivity contribution in [2.75, 3.05) is 19.7 Å². The van der Waals surface area contributed by atoms with Gasteiger partial charge in [-0.1, -0.05) is 13.8 Å². The number of ether oxygens (including phenoxy) is 1. The Labute approximate surface area is 140 Å². The molecule has 5 heteroatoms. The molecular formula is C18H34N2O3. The first-order valence-electron chi connectivity index (χ1n) is 9.04. The Morgan fingerprint density at radius 1 is 1.04 bits per heavy atom. The topological polar surface area (TPSA) is 67.4 Å². The highest BCUT2D eigenvalue weighted by Gasteiger charge is 2.26. The van der Waals surface area contributed by atoms with E-state index in [0.29, 0.717) is 31.4 Å². The van der Waals surface area contributed by atoms with Crippen molar-refractivity contribution in [2.45, 2.75) is 65.9 Å². The van der Waals surface area contributed by atoms with Gasteiger partial charge >= 0.3 is 0 Å². The van der Waals surface area contributed by atoms with E-state index in [1.54, 1.807) is 0 Å². The molecule has 134 valence electrons. The summed E-state index contributed by atoms with van der Waals surface area (Å²) in [6, 6.07) is 0. The molecule has 23 heavy (non-hydrogen) atoms. The van der Waals surface area contributed by atoms with Gasteiger partial charge in [0.25, 0.3) is 0 Å². The first kappa shape index (κ1) is 19.9. The molecule has 0 aromatic carbocycles. The maximum Gasteiger partial charge on any atom is 0.223 e. The normalized spacial score (nSPS) is 21.5. The quantitative estimate of drug-likeness (QED) is 0.640. The van der Waals surface area contributed by atoms with Crippen LogP contribution in [0.25, 0.3) is 0 Å². The fourth-order valence-corrected chi connectivity index (χ4v) is 2.94. The zero-order valence-electron chi connectivity index (χ0n) is 15.2. The van der Waals surface area contributed by atoms with Gasteiger partial charge in [0.1, 0.15) is 0 Å². The highest BCUT2D eigenvalue weighted by molar-refractivity contribution is 5.78. The third-order valence-electron chi connectivity index (χ3n) is 4.25. The first-order valence-corrected chi connectivity index (χ1v) is 9.04. The van der Waals surface area contributed by atoms with E-state index in [0.717, 1.165) is 32.2 Å². The standard InChI is InChI=1S/C18H34N2O3/c1-13(2)11-17(21)20-12-15-5-7-16(8-6-15)18(22)19-9-10-23-14(3)4/h13-16H,5-12H2,1-4H3,(H,19,22)(H,20,21). The average molecular weight is 326 g/mol. The van der Waals surface area contributed by atoms with Gasteiger partial charge in [0.05, 0.1) is 12.7 Å². The predicted octanol–water partition coefficient (Wildman–Crippen LogP) is 2.50. The van der Waals surface area contributed by atoms with Crippen molar-refractivity contribution in [1.29, 1.82) is 0 Å². The van der Waals surface area contributed by atoms with Crippen molar-refractivity contribution >= 4 is 11.8 Å². The Morgan fingerprint density at radius 3 is 2.26 bits per heavy atom. The van der Waals surface area contributed by atoms with Crippen molar-refractivity contribution < 1.29 is 14.3 Å². The van der Waals surface area contributed by atoms with Crippen LogP contribution in [-0.2, 0) is 14.3 Å². The van der Waals surface area contributed by atoms with Crippen LogP contribution in [0.2, 0.25) is 0 Å². The second-order valence-corrected chi connectivity index (χ2v) is 7.33. The number of carbonyl (C=O) groups is 2. The molecule has 0 radical (unpaired) electrons. The molecule has 5 nitrogen and oxygen atoms in total. The molecule has 0 heterocycles. The van der Waals surface area contributed by atoms with Crippen LogP contribution >= 0.6 is 0 Å². The number of nitrogens with one attached hydrogen (secondary N) is 2. The Balaban J connectivity index is 2.14. The van der Waals surface area contributed by atoms with Gasteiger partial charge in [-0.2, -0.15) is 0 Å². The molecule has 0 aromatic rings. The number of carbonyl (C=O) groups excluding carboxylic acids is 2. The molecule has 0 spiro atoms. The van der Waals surface area contributed by atoms with Gasteiger partial charge in [0.2, 0.25) is 11.8 Å². The lowest BCUT2D eigenvalue weighted by Gasteiger charge is -2.28. The van der Waals surface area contributed by atoms with E-state index in [1.165, 1.54) is 0 Å². The summed E-state index contributed by atoms with van der Waals surface area (Å²) in [4.78, 5) is 23.8. The summed E-state index contributed by atoms with van der Waals surface area (Å²) in [7, 11) is 0. The van der Waals surface area contributed by atoms with E-state index in [9.17, 15) is 9.59 Å². The van der Waals surface area contributed by atoms with Crippen LogP contribution in [-0.4, -0.2) is 37.6 Å². The monoisotopic (exact) mass is 326 g/mol. The second kappa shape index (κ2) is 10.6. The van der Waals surface area contributed by atoms with E-state index < -0.39 is 0 Å². The van der Waals surface area contributed by atoms with Crippen LogP contribution in [0.5, 0.6) is 0 Å². The Kier molecular flexibility index (Phi) is 9.22. The third kappa shape index (κ3) is 8.94. The molecule has 0 atom stereocenters. The highest BCUT2D eigenvalue weighted by Crippen LogP contribution is 2.28. The lowest BCUT2D eigenvalue weighted by Crippen LogP contribution is -2.37.